The summed E-state index contributed by atoms with van der Waals surface area (Å²) in [6.45, 7) is 7.42. The van der Waals surface area contributed by atoms with Crippen LogP contribution in [0.3, 0.4) is 0 Å². The highest BCUT2D eigenvalue weighted by Crippen LogP contribution is 2.21. The molecule has 0 aliphatic carbocycles. The maximum Gasteiger partial charge on any atom is 0.121 e. The van der Waals surface area contributed by atoms with Crippen molar-refractivity contribution in [2.45, 2.75) is 45.8 Å². The van der Waals surface area contributed by atoms with E-state index in [1.807, 2.05) is 26.2 Å². The summed E-state index contributed by atoms with van der Waals surface area (Å²) in [4.78, 5) is 2.09. The Morgan fingerprint density at radius 1 is 1.26 bits per heavy atom. The highest BCUT2D eigenvalue weighted by molar-refractivity contribution is 5.49. The first-order valence-corrected chi connectivity index (χ1v) is 7.20. The summed E-state index contributed by atoms with van der Waals surface area (Å²) in [7, 11) is 4.09. The van der Waals surface area contributed by atoms with Crippen LogP contribution in [0.5, 0.6) is 5.75 Å². The smallest absolute Gasteiger partial charge is 0.121 e. The fraction of sp³-hybridized carbons (Fsp3) is 0.625. The standard InChI is InChI=1S/C16H28N2O/c1-6-8-16(12-17-13(2)3)19-15-10-7-9-14(11-15)18(4)5/h7,9-11,13,16-17H,6,8,12H2,1-5H3. The topological polar surface area (TPSA) is 24.5 Å². The van der Waals surface area contributed by atoms with Gasteiger partial charge in [-0.05, 0) is 18.6 Å². The van der Waals surface area contributed by atoms with Crippen LogP contribution < -0.4 is 15.0 Å². The van der Waals surface area contributed by atoms with E-state index in [1.54, 1.807) is 0 Å². The molecule has 0 aromatic heterocycles. The molecule has 3 heteroatoms. The van der Waals surface area contributed by atoms with Gasteiger partial charge in [-0.15, -0.1) is 0 Å². The predicted molar refractivity (Wildman–Crippen MR) is 83.2 cm³/mol. The average molecular weight is 264 g/mol. The van der Waals surface area contributed by atoms with E-state index in [9.17, 15) is 0 Å². The largest absolute Gasteiger partial charge is 0.489 e. The molecule has 1 atom stereocenters. The quantitative estimate of drug-likeness (QED) is 0.779. The Morgan fingerprint density at radius 3 is 2.58 bits per heavy atom. The van der Waals surface area contributed by atoms with Crippen LogP contribution in [0.4, 0.5) is 5.69 Å². The van der Waals surface area contributed by atoms with E-state index in [0.29, 0.717) is 6.04 Å². The fourth-order valence-electron chi connectivity index (χ4n) is 1.92. The molecule has 0 saturated heterocycles. The molecular weight excluding hydrogens is 236 g/mol. The molecular formula is C16H28N2O. The molecule has 0 spiro atoms. The Morgan fingerprint density at radius 2 is 2.00 bits per heavy atom. The Bertz CT molecular complexity index is 364. The summed E-state index contributed by atoms with van der Waals surface area (Å²) in [5, 5.41) is 3.45. The van der Waals surface area contributed by atoms with E-state index >= 15 is 0 Å². The summed E-state index contributed by atoms with van der Waals surface area (Å²) in [6.07, 6.45) is 2.45. The summed E-state index contributed by atoms with van der Waals surface area (Å²) in [5.74, 6) is 0.954. The number of nitrogens with one attached hydrogen (secondary N) is 1. The first kappa shape index (κ1) is 15.8. The van der Waals surface area contributed by atoms with Gasteiger partial charge < -0.3 is 15.0 Å². The lowest BCUT2D eigenvalue weighted by atomic mass is 10.2. The third-order valence-corrected chi connectivity index (χ3v) is 3.00. The van der Waals surface area contributed by atoms with E-state index in [-0.39, 0.29) is 6.10 Å². The maximum atomic E-state index is 6.11. The zero-order valence-electron chi connectivity index (χ0n) is 12.9. The minimum atomic E-state index is 0.241. The Balaban J connectivity index is 2.64. The minimum Gasteiger partial charge on any atom is -0.489 e. The van der Waals surface area contributed by atoms with E-state index in [1.165, 1.54) is 5.69 Å². The normalized spacial score (nSPS) is 12.5. The Kier molecular flexibility index (Phi) is 6.71. The molecule has 0 bridgehead atoms. The number of benzene rings is 1. The molecule has 0 aliphatic rings. The summed E-state index contributed by atoms with van der Waals surface area (Å²) >= 11 is 0. The van der Waals surface area contributed by atoms with Gasteiger partial charge in [0, 0.05) is 38.4 Å². The Hall–Kier alpha value is -1.22. The molecule has 0 radical (unpaired) electrons. The van der Waals surface area contributed by atoms with E-state index < -0.39 is 0 Å². The molecule has 1 aromatic rings. The maximum absolute atomic E-state index is 6.11. The lowest BCUT2D eigenvalue weighted by molar-refractivity contribution is 0.183. The van der Waals surface area contributed by atoms with Crippen molar-refractivity contribution in [1.29, 1.82) is 0 Å². The molecule has 1 N–H and O–H groups in total. The lowest BCUT2D eigenvalue weighted by Gasteiger charge is -2.21. The van der Waals surface area contributed by atoms with Crippen LogP contribution >= 0.6 is 0 Å². The van der Waals surface area contributed by atoms with Gasteiger partial charge in [-0.3, -0.25) is 0 Å². The summed E-state index contributed by atoms with van der Waals surface area (Å²) < 4.78 is 6.11. The van der Waals surface area contributed by atoms with E-state index in [0.717, 1.165) is 25.1 Å². The van der Waals surface area contributed by atoms with Crippen LogP contribution in [0.25, 0.3) is 0 Å². The number of ether oxygens (including phenoxy) is 1. The second-order valence-corrected chi connectivity index (χ2v) is 5.48. The van der Waals surface area contributed by atoms with Crippen LogP contribution in [0.1, 0.15) is 33.6 Å². The van der Waals surface area contributed by atoms with Gasteiger partial charge in [-0.25, -0.2) is 0 Å². The lowest BCUT2D eigenvalue weighted by Crippen LogP contribution is -2.35. The van der Waals surface area contributed by atoms with Crippen molar-refractivity contribution in [2.75, 3.05) is 25.5 Å². The highest BCUT2D eigenvalue weighted by atomic mass is 16.5. The summed E-state index contributed by atoms with van der Waals surface area (Å²) in [6, 6.07) is 8.76. The third kappa shape index (κ3) is 5.97. The monoisotopic (exact) mass is 264 g/mol. The number of nitrogens with zero attached hydrogens (tertiary/aromatic N) is 1. The van der Waals surface area contributed by atoms with E-state index in [4.69, 9.17) is 4.74 Å². The number of hydrogen-bond acceptors (Lipinski definition) is 3. The van der Waals surface area contributed by atoms with Crippen molar-refractivity contribution < 1.29 is 4.74 Å². The highest BCUT2D eigenvalue weighted by Gasteiger charge is 2.10. The van der Waals surface area contributed by atoms with Crippen LogP contribution in [-0.4, -0.2) is 32.8 Å². The van der Waals surface area contributed by atoms with Crippen molar-refractivity contribution in [3.63, 3.8) is 0 Å². The zero-order chi connectivity index (χ0) is 14.3. The number of anilines is 1. The van der Waals surface area contributed by atoms with Gasteiger partial charge >= 0.3 is 0 Å². The fourth-order valence-corrected chi connectivity index (χ4v) is 1.92. The SMILES string of the molecule is CCCC(CNC(C)C)Oc1cccc(N(C)C)c1. The molecule has 0 amide bonds. The molecule has 0 saturated carbocycles. The molecule has 1 rings (SSSR count). The average Bonchev–Trinajstić information content (AvgIpc) is 2.36. The summed E-state index contributed by atoms with van der Waals surface area (Å²) in [5.41, 5.74) is 1.17. The van der Waals surface area contributed by atoms with Crippen LogP contribution in [0.2, 0.25) is 0 Å². The molecule has 1 unspecified atom stereocenters. The molecule has 1 aromatic carbocycles. The van der Waals surface area contributed by atoms with Gasteiger partial charge in [-0.1, -0.05) is 33.3 Å². The van der Waals surface area contributed by atoms with Gasteiger partial charge in [0.15, 0.2) is 0 Å². The molecule has 0 aliphatic heterocycles. The van der Waals surface area contributed by atoms with Crippen LogP contribution in [0.15, 0.2) is 24.3 Å². The van der Waals surface area contributed by atoms with E-state index in [2.05, 4.69) is 43.1 Å². The molecule has 108 valence electrons. The van der Waals surface area contributed by atoms with Crippen molar-refractivity contribution in [2.24, 2.45) is 0 Å². The molecule has 3 nitrogen and oxygen atoms in total. The van der Waals surface area contributed by atoms with Gasteiger partial charge in [0.05, 0.1) is 0 Å². The van der Waals surface area contributed by atoms with Crippen molar-refractivity contribution in [3.8, 4) is 5.75 Å². The van der Waals surface area contributed by atoms with Gasteiger partial charge in [-0.2, -0.15) is 0 Å². The number of hydrogen-bond donors (Lipinski definition) is 1. The minimum absolute atomic E-state index is 0.241. The van der Waals surface area contributed by atoms with Crippen LogP contribution in [-0.2, 0) is 0 Å². The predicted octanol–water partition coefficient (Wildman–Crippen LogP) is 3.30. The number of rotatable bonds is 8. The third-order valence-electron chi connectivity index (χ3n) is 3.00. The van der Waals surface area contributed by atoms with Crippen molar-refractivity contribution in [1.82, 2.24) is 5.32 Å². The molecule has 0 heterocycles. The second kappa shape index (κ2) is 8.05. The van der Waals surface area contributed by atoms with Gasteiger partial charge in [0.1, 0.15) is 11.9 Å². The van der Waals surface area contributed by atoms with Crippen LogP contribution in [0, 0.1) is 0 Å². The van der Waals surface area contributed by atoms with Gasteiger partial charge in [0.25, 0.3) is 0 Å². The van der Waals surface area contributed by atoms with Crippen molar-refractivity contribution in [3.05, 3.63) is 24.3 Å². The first-order chi connectivity index (χ1) is 9.02. The van der Waals surface area contributed by atoms with Crippen molar-refractivity contribution >= 4 is 5.69 Å². The Labute approximate surface area is 118 Å². The molecule has 0 fully saturated rings. The first-order valence-electron chi connectivity index (χ1n) is 7.20. The molecule has 19 heavy (non-hydrogen) atoms. The van der Waals surface area contributed by atoms with Gasteiger partial charge in [0.2, 0.25) is 0 Å². The second-order valence-electron chi connectivity index (χ2n) is 5.48. The zero-order valence-corrected chi connectivity index (χ0v) is 12.9.